The Morgan fingerprint density at radius 1 is 1.14 bits per heavy atom. The van der Waals surface area contributed by atoms with E-state index in [-0.39, 0.29) is 31.3 Å². The fourth-order valence-corrected chi connectivity index (χ4v) is 3.44. The van der Waals surface area contributed by atoms with Crippen LogP contribution in [-0.4, -0.2) is 46.6 Å². The molecule has 0 spiro atoms. The second-order valence-corrected chi connectivity index (χ2v) is 7.61. The number of rotatable bonds is 6. The summed E-state index contributed by atoms with van der Waals surface area (Å²) in [5.74, 6) is 0. The summed E-state index contributed by atoms with van der Waals surface area (Å²) in [5, 5.41) is 18.3. The number of nitrogens with zero attached hydrogens (tertiary/aromatic N) is 1. The van der Waals surface area contributed by atoms with Crippen LogP contribution in [0.1, 0.15) is 37.8 Å². The van der Waals surface area contributed by atoms with Crippen LogP contribution in [0.25, 0.3) is 0 Å². The lowest BCUT2D eigenvalue weighted by Crippen LogP contribution is -2.44. The minimum Gasteiger partial charge on any atom is -0.446 e. The number of aliphatic hydroxyl groups excluding tert-OH is 2. The molecule has 0 bridgehead atoms. The number of hydrogen-bond donors (Lipinski definition) is 2. The van der Waals surface area contributed by atoms with Gasteiger partial charge in [0.2, 0.25) is 0 Å². The number of benzene rings is 2. The zero-order valence-electron chi connectivity index (χ0n) is 16.1. The van der Waals surface area contributed by atoms with Crippen molar-refractivity contribution in [3.63, 3.8) is 0 Å². The molecule has 3 unspecified atom stereocenters. The fourth-order valence-electron chi connectivity index (χ4n) is 3.18. The molecular formula is C22H28BrNO4. The number of hydrogen-bond acceptors (Lipinski definition) is 4. The first-order chi connectivity index (χ1) is 13.5. The molecule has 1 aliphatic heterocycles. The smallest absolute Gasteiger partial charge is 0.410 e. The molecule has 1 amide bonds. The molecule has 0 aliphatic carbocycles. The van der Waals surface area contributed by atoms with Crippen LogP contribution in [0.2, 0.25) is 0 Å². The van der Waals surface area contributed by atoms with Crippen LogP contribution in [0.3, 0.4) is 0 Å². The predicted octanol–water partition coefficient (Wildman–Crippen LogP) is 4.54. The average Bonchev–Trinajstić information content (AvgIpc) is 2.73. The zero-order valence-corrected chi connectivity index (χ0v) is 17.7. The molecule has 1 saturated heterocycles. The van der Waals surface area contributed by atoms with E-state index >= 15 is 0 Å². The topological polar surface area (TPSA) is 70.0 Å². The molecule has 0 aromatic heterocycles. The van der Waals surface area contributed by atoms with Crippen molar-refractivity contribution in [1.82, 2.24) is 4.90 Å². The molecule has 5 nitrogen and oxygen atoms in total. The molecule has 1 heterocycles. The maximum Gasteiger partial charge on any atom is 0.410 e. The molecule has 1 aliphatic rings. The summed E-state index contributed by atoms with van der Waals surface area (Å²) < 4.78 is 6.41. The van der Waals surface area contributed by atoms with Gasteiger partial charge in [0.1, 0.15) is 6.10 Å². The number of carbonyl (C=O) groups is 1. The molecule has 6 heteroatoms. The van der Waals surface area contributed by atoms with Crippen LogP contribution in [0.4, 0.5) is 4.79 Å². The van der Waals surface area contributed by atoms with Crippen molar-refractivity contribution in [2.24, 2.45) is 0 Å². The summed E-state index contributed by atoms with van der Waals surface area (Å²) in [6.45, 7) is 2.33. The van der Waals surface area contributed by atoms with Gasteiger partial charge < -0.3 is 19.8 Å². The summed E-state index contributed by atoms with van der Waals surface area (Å²) in [6.07, 6.45) is 0.240. The number of halogens is 1. The minimum atomic E-state index is -0.835. The van der Waals surface area contributed by atoms with Crippen LogP contribution >= 0.6 is 15.9 Å². The van der Waals surface area contributed by atoms with Gasteiger partial charge in [-0.3, -0.25) is 0 Å². The Morgan fingerprint density at radius 2 is 1.71 bits per heavy atom. The van der Waals surface area contributed by atoms with E-state index in [1.54, 1.807) is 4.90 Å². The Labute approximate surface area is 175 Å². The summed E-state index contributed by atoms with van der Waals surface area (Å²) in [7, 11) is 0. The third-order valence-corrected chi connectivity index (χ3v) is 5.15. The molecule has 152 valence electrons. The third-order valence-electron chi connectivity index (χ3n) is 4.62. The van der Waals surface area contributed by atoms with Crippen LogP contribution in [0.5, 0.6) is 0 Å². The first-order valence-electron chi connectivity index (χ1n) is 9.56. The number of ether oxygens (including phenoxy) is 1. The van der Waals surface area contributed by atoms with E-state index in [0.29, 0.717) is 13.0 Å². The van der Waals surface area contributed by atoms with Crippen molar-refractivity contribution in [3.8, 4) is 0 Å². The van der Waals surface area contributed by atoms with Gasteiger partial charge in [0, 0.05) is 23.9 Å². The molecule has 2 aromatic rings. The van der Waals surface area contributed by atoms with Gasteiger partial charge in [-0.25, -0.2) is 4.79 Å². The Morgan fingerprint density at radius 3 is 2.18 bits per heavy atom. The largest absolute Gasteiger partial charge is 0.446 e. The monoisotopic (exact) mass is 449 g/mol. The fraction of sp³-hybridized carbons (Fsp3) is 0.409. The average molecular weight is 450 g/mol. The second-order valence-electron chi connectivity index (χ2n) is 6.69. The van der Waals surface area contributed by atoms with Gasteiger partial charge in [0.05, 0.1) is 18.8 Å². The Bertz CT molecular complexity index is 669. The summed E-state index contributed by atoms with van der Waals surface area (Å²) >= 11 is 3.41. The number of amides is 1. The molecule has 2 aromatic carbocycles. The first kappa shape index (κ1) is 22.4. The molecule has 1 fully saturated rings. The highest BCUT2D eigenvalue weighted by Crippen LogP contribution is 2.29. The molecular weight excluding hydrogens is 422 g/mol. The standard InChI is InChI=1S/C16H22BrNO4.C6H6/c1-2-15(11-3-5-12(17)6-4-11)18-8-7-14(22-16(18)21)9-13(20)10-19;1-2-4-6-5-3-1/h3-6,13-15,19-20H,2,7-10H2,1H3;1-6H. The lowest BCUT2D eigenvalue weighted by Gasteiger charge is -2.37. The maximum absolute atomic E-state index is 12.3. The predicted molar refractivity (Wildman–Crippen MR) is 113 cm³/mol. The summed E-state index contributed by atoms with van der Waals surface area (Å²) in [6, 6.07) is 19.9. The molecule has 28 heavy (non-hydrogen) atoms. The van der Waals surface area contributed by atoms with Crippen molar-refractivity contribution >= 4 is 22.0 Å². The van der Waals surface area contributed by atoms with Crippen LogP contribution in [-0.2, 0) is 4.74 Å². The van der Waals surface area contributed by atoms with Crippen molar-refractivity contribution in [3.05, 3.63) is 70.7 Å². The molecule has 2 N–H and O–H groups in total. The molecule has 0 saturated carbocycles. The van der Waals surface area contributed by atoms with Crippen molar-refractivity contribution in [2.75, 3.05) is 13.2 Å². The first-order valence-corrected chi connectivity index (χ1v) is 10.4. The van der Waals surface area contributed by atoms with E-state index in [9.17, 15) is 9.90 Å². The van der Waals surface area contributed by atoms with Crippen molar-refractivity contribution in [1.29, 1.82) is 0 Å². The van der Waals surface area contributed by atoms with Crippen LogP contribution in [0.15, 0.2) is 65.1 Å². The lowest BCUT2D eigenvalue weighted by atomic mass is 10.0. The Balaban J connectivity index is 0.000000397. The number of cyclic esters (lactones) is 1. The van der Waals surface area contributed by atoms with Gasteiger partial charge in [-0.15, -0.1) is 0 Å². The Hall–Kier alpha value is -1.89. The molecule has 3 atom stereocenters. The normalized spacial score (nSPS) is 18.5. The van der Waals surface area contributed by atoms with E-state index in [2.05, 4.69) is 15.9 Å². The van der Waals surface area contributed by atoms with Crippen LogP contribution in [0, 0.1) is 0 Å². The Kier molecular flexibility index (Phi) is 9.47. The van der Waals surface area contributed by atoms with Crippen molar-refractivity contribution < 1.29 is 19.7 Å². The van der Waals surface area contributed by atoms with Gasteiger partial charge in [0.15, 0.2) is 0 Å². The highest BCUT2D eigenvalue weighted by molar-refractivity contribution is 9.10. The third kappa shape index (κ3) is 6.93. The second kappa shape index (κ2) is 11.8. The van der Waals surface area contributed by atoms with Gasteiger partial charge in [-0.05, 0) is 24.1 Å². The molecule has 0 radical (unpaired) electrons. The zero-order chi connectivity index (χ0) is 20.4. The molecule has 3 rings (SSSR count). The highest BCUT2D eigenvalue weighted by Gasteiger charge is 2.32. The van der Waals surface area contributed by atoms with E-state index in [1.807, 2.05) is 67.6 Å². The van der Waals surface area contributed by atoms with E-state index in [4.69, 9.17) is 9.84 Å². The van der Waals surface area contributed by atoms with Gasteiger partial charge in [-0.2, -0.15) is 0 Å². The van der Waals surface area contributed by atoms with Gasteiger partial charge >= 0.3 is 6.09 Å². The SMILES string of the molecule is CCC(c1ccc(Br)cc1)N1CCC(CC(O)CO)OC1=O.c1ccccc1. The minimum absolute atomic E-state index is 0.00989. The lowest BCUT2D eigenvalue weighted by molar-refractivity contribution is -0.0197. The van der Waals surface area contributed by atoms with Crippen LogP contribution < -0.4 is 0 Å². The maximum atomic E-state index is 12.3. The van der Waals surface area contributed by atoms with Crippen molar-refractivity contribution in [2.45, 2.75) is 44.4 Å². The highest BCUT2D eigenvalue weighted by atomic mass is 79.9. The van der Waals surface area contributed by atoms with Gasteiger partial charge in [0.25, 0.3) is 0 Å². The summed E-state index contributed by atoms with van der Waals surface area (Å²) in [5.41, 5.74) is 1.08. The van der Waals surface area contributed by atoms with Gasteiger partial charge in [-0.1, -0.05) is 71.4 Å². The summed E-state index contributed by atoms with van der Waals surface area (Å²) in [4.78, 5) is 14.0. The number of aliphatic hydroxyl groups is 2. The quantitative estimate of drug-likeness (QED) is 0.678. The van der Waals surface area contributed by atoms with E-state index in [0.717, 1.165) is 16.5 Å². The number of carbonyl (C=O) groups excluding carboxylic acids is 1. The van der Waals surface area contributed by atoms with E-state index < -0.39 is 6.10 Å². The van der Waals surface area contributed by atoms with E-state index in [1.165, 1.54) is 0 Å².